The number of alkyl halides is 3. The number of hydrogen-bond acceptors (Lipinski definition) is 5. The summed E-state index contributed by atoms with van der Waals surface area (Å²) < 4.78 is 46.9. The van der Waals surface area contributed by atoms with Crippen molar-refractivity contribution in [1.82, 2.24) is 19.7 Å². The number of aromatic nitrogens is 4. The van der Waals surface area contributed by atoms with Gasteiger partial charge in [0.25, 0.3) is 0 Å². The molecule has 0 radical (unpaired) electrons. The van der Waals surface area contributed by atoms with E-state index in [0.29, 0.717) is 25.2 Å². The van der Waals surface area contributed by atoms with Crippen molar-refractivity contribution in [2.24, 2.45) is 0 Å². The number of benzene rings is 1. The fraction of sp³-hybridized carbons (Fsp3) is 0.350. The second-order valence-electron chi connectivity index (χ2n) is 8.22. The van der Waals surface area contributed by atoms with Crippen molar-refractivity contribution < 1.29 is 17.9 Å². The van der Waals surface area contributed by atoms with Crippen LogP contribution in [-0.4, -0.2) is 34.4 Å². The molecular formula is C20H23ClF3N5OSi. The van der Waals surface area contributed by atoms with Gasteiger partial charge in [-0.05, 0) is 35.3 Å². The molecule has 0 aliphatic carbocycles. The first-order chi connectivity index (χ1) is 14.5. The summed E-state index contributed by atoms with van der Waals surface area (Å²) in [7, 11) is -1.13. The average Bonchev–Trinajstić information content (AvgIpc) is 3.13. The Kier molecular flexibility index (Phi) is 7.02. The number of nitrogens with one attached hydrogen (secondary N) is 1. The van der Waals surface area contributed by atoms with E-state index in [0.717, 1.165) is 17.2 Å². The van der Waals surface area contributed by atoms with E-state index in [1.807, 2.05) is 6.20 Å². The van der Waals surface area contributed by atoms with Gasteiger partial charge in [0.1, 0.15) is 18.1 Å². The summed E-state index contributed by atoms with van der Waals surface area (Å²) in [5.41, 5.74) is 1.19. The summed E-state index contributed by atoms with van der Waals surface area (Å²) in [5.74, 6) is -0.400. The third-order valence-corrected chi connectivity index (χ3v) is 6.29. The van der Waals surface area contributed by atoms with E-state index in [-0.39, 0.29) is 5.28 Å². The van der Waals surface area contributed by atoms with E-state index in [1.165, 1.54) is 0 Å². The first-order valence-corrected chi connectivity index (χ1v) is 13.7. The largest absolute Gasteiger partial charge is 0.421 e. The van der Waals surface area contributed by atoms with Crippen LogP contribution in [0.1, 0.15) is 5.56 Å². The van der Waals surface area contributed by atoms with E-state index >= 15 is 0 Å². The van der Waals surface area contributed by atoms with Gasteiger partial charge in [-0.15, -0.1) is 0 Å². The molecule has 0 spiro atoms. The van der Waals surface area contributed by atoms with Gasteiger partial charge in [-0.1, -0.05) is 31.8 Å². The number of ether oxygens (including phenoxy) is 1. The zero-order valence-corrected chi connectivity index (χ0v) is 19.1. The van der Waals surface area contributed by atoms with Crippen molar-refractivity contribution >= 4 is 31.2 Å². The summed E-state index contributed by atoms with van der Waals surface area (Å²) in [6.45, 7) is 7.97. The van der Waals surface area contributed by atoms with Crippen LogP contribution in [-0.2, 0) is 17.6 Å². The van der Waals surface area contributed by atoms with Gasteiger partial charge in [0.15, 0.2) is 0 Å². The first-order valence-electron chi connectivity index (χ1n) is 9.59. The van der Waals surface area contributed by atoms with Crippen LogP contribution in [0.25, 0.3) is 11.1 Å². The first kappa shape index (κ1) is 23.2. The van der Waals surface area contributed by atoms with Crippen molar-refractivity contribution in [1.29, 1.82) is 0 Å². The lowest BCUT2D eigenvalue weighted by molar-refractivity contribution is -0.137. The van der Waals surface area contributed by atoms with Crippen LogP contribution in [0.5, 0.6) is 0 Å². The molecule has 0 unspecified atom stereocenters. The van der Waals surface area contributed by atoms with Crippen LogP contribution in [0.4, 0.5) is 24.7 Å². The molecule has 0 aliphatic rings. The van der Waals surface area contributed by atoms with Crippen molar-refractivity contribution in [3.05, 3.63) is 53.7 Å². The monoisotopic (exact) mass is 469 g/mol. The molecule has 0 aliphatic heterocycles. The lowest BCUT2D eigenvalue weighted by Crippen LogP contribution is -2.22. The van der Waals surface area contributed by atoms with E-state index in [9.17, 15) is 13.2 Å². The van der Waals surface area contributed by atoms with Crippen molar-refractivity contribution in [2.45, 2.75) is 38.6 Å². The zero-order valence-electron chi connectivity index (χ0n) is 17.4. The van der Waals surface area contributed by atoms with Gasteiger partial charge in [-0.25, -0.2) is 9.67 Å². The van der Waals surface area contributed by atoms with Gasteiger partial charge in [0, 0.05) is 38.3 Å². The second kappa shape index (κ2) is 9.37. The Hall–Kier alpha value is -2.43. The number of halogens is 4. The molecule has 2 heterocycles. The molecule has 3 rings (SSSR count). The summed E-state index contributed by atoms with van der Waals surface area (Å²) in [5, 5.41) is 6.68. The normalized spacial score (nSPS) is 12.2. The quantitative estimate of drug-likeness (QED) is 0.246. The van der Waals surface area contributed by atoms with Gasteiger partial charge in [-0.2, -0.15) is 23.3 Å². The standard InChI is InChI=1S/C20H23ClF3N5OSi/c1-31(2,3)9-8-30-13-29-12-15(10-26-29)14-4-6-16(7-5-14)27-18-17(20(22,23)24)11-25-19(21)28-18/h4-7,10-12H,8-9,13H2,1-3H3,(H,25,27,28). The Morgan fingerprint density at radius 3 is 2.45 bits per heavy atom. The van der Waals surface area contributed by atoms with Crippen LogP contribution in [0.3, 0.4) is 0 Å². The molecule has 31 heavy (non-hydrogen) atoms. The molecule has 11 heteroatoms. The Bertz CT molecular complexity index is 1020. The third kappa shape index (κ3) is 6.78. The average molecular weight is 470 g/mol. The maximum Gasteiger partial charge on any atom is 0.421 e. The Labute approximate surface area is 184 Å². The zero-order chi connectivity index (χ0) is 22.6. The minimum absolute atomic E-state index is 0.272. The smallest absolute Gasteiger partial charge is 0.360 e. The molecule has 1 aromatic carbocycles. The van der Waals surface area contributed by atoms with E-state index < -0.39 is 25.6 Å². The van der Waals surface area contributed by atoms with Crippen LogP contribution in [0.2, 0.25) is 31.0 Å². The minimum atomic E-state index is -4.60. The highest BCUT2D eigenvalue weighted by Crippen LogP contribution is 2.35. The molecule has 2 aromatic heterocycles. The number of anilines is 2. The molecule has 0 atom stereocenters. The number of nitrogens with zero attached hydrogens (tertiary/aromatic N) is 4. The number of rotatable bonds is 8. The Balaban J connectivity index is 1.65. The molecule has 0 fully saturated rings. The predicted molar refractivity (Wildman–Crippen MR) is 117 cm³/mol. The Morgan fingerprint density at radius 1 is 1.10 bits per heavy atom. The van der Waals surface area contributed by atoms with Crippen LogP contribution in [0, 0.1) is 0 Å². The second-order valence-corrected chi connectivity index (χ2v) is 14.2. The lowest BCUT2D eigenvalue weighted by Gasteiger charge is -2.15. The van der Waals surface area contributed by atoms with Gasteiger partial charge < -0.3 is 10.1 Å². The van der Waals surface area contributed by atoms with Gasteiger partial charge in [-0.3, -0.25) is 0 Å². The lowest BCUT2D eigenvalue weighted by atomic mass is 10.1. The van der Waals surface area contributed by atoms with Gasteiger partial charge in [0.2, 0.25) is 5.28 Å². The highest BCUT2D eigenvalue weighted by Gasteiger charge is 2.35. The summed E-state index contributed by atoms with van der Waals surface area (Å²) in [6.07, 6.45) is -0.357. The van der Waals surface area contributed by atoms with E-state index in [2.05, 4.69) is 40.0 Å². The fourth-order valence-corrected chi connectivity index (χ4v) is 3.56. The molecule has 3 aromatic rings. The highest BCUT2D eigenvalue weighted by molar-refractivity contribution is 6.76. The minimum Gasteiger partial charge on any atom is -0.360 e. The molecule has 0 saturated carbocycles. The molecule has 166 valence electrons. The molecule has 0 saturated heterocycles. The molecule has 6 nitrogen and oxygen atoms in total. The van der Waals surface area contributed by atoms with Crippen molar-refractivity contribution in [3.8, 4) is 11.1 Å². The fourth-order valence-electron chi connectivity index (χ4n) is 2.67. The predicted octanol–water partition coefficient (Wildman–Crippen LogP) is 6.07. The summed E-state index contributed by atoms with van der Waals surface area (Å²) in [4.78, 5) is 7.09. The van der Waals surface area contributed by atoms with Crippen LogP contribution >= 0.6 is 11.6 Å². The highest BCUT2D eigenvalue weighted by atomic mass is 35.5. The SMILES string of the molecule is C[Si](C)(C)CCOCn1cc(-c2ccc(Nc3nc(Cl)ncc3C(F)(F)F)cc2)cn1. The van der Waals surface area contributed by atoms with Crippen molar-refractivity contribution in [2.75, 3.05) is 11.9 Å². The molecule has 0 bridgehead atoms. The van der Waals surface area contributed by atoms with E-state index in [4.69, 9.17) is 16.3 Å². The molecule has 0 amide bonds. The van der Waals surface area contributed by atoms with Crippen LogP contribution in [0.15, 0.2) is 42.9 Å². The maximum atomic E-state index is 13.2. The summed E-state index contributed by atoms with van der Waals surface area (Å²) in [6, 6.07) is 7.97. The Morgan fingerprint density at radius 2 is 1.81 bits per heavy atom. The summed E-state index contributed by atoms with van der Waals surface area (Å²) >= 11 is 5.66. The van der Waals surface area contributed by atoms with Crippen LogP contribution < -0.4 is 5.32 Å². The van der Waals surface area contributed by atoms with Gasteiger partial charge >= 0.3 is 6.18 Å². The topological polar surface area (TPSA) is 64.9 Å². The number of hydrogen-bond donors (Lipinski definition) is 1. The molecular weight excluding hydrogens is 447 g/mol. The van der Waals surface area contributed by atoms with Crippen molar-refractivity contribution in [3.63, 3.8) is 0 Å². The maximum absolute atomic E-state index is 13.2. The third-order valence-electron chi connectivity index (χ3n) is 4.40. The van der Waals surface area contributed by atoms with Gasteiger partial charge in [0.05, 0.1) is 6.20 Å². The molecule has 1 N–H and O–H groups in total. The van der Waals surface area contributed by atoms with E-state index in [1.54, 1.807) is 35.1 Å².